The normalized spacial score (nSPS) is 10.6. The SMILES string of the molecule is COC(=O)/C=C/c1ccc(OCc2ccc(Br)cc2)cc1. The molecule has 0 bridgehead atoms. The molecule has 0 saturated carbocycles. The van der Waals surface area contributed by atoms with Crippen LogP contribution in [0.2, 0.25) is 0 Å². The molecule has 0 aliphatic carbocycles. The highest BCUT2D eigenvalue weighted by Gasteiger charge is 1.97. The average molecular weight is 347 g/mol. The molecule has 0 atom stereocenters. The molecule has 0 aromatic heterocycles. The lowest BCUT2D eigenvalue weighted by atomic mass is 10.2. The molecule has 0 spiro atoms. The van der Waals surface area contributed by atoms with Gasteiger partial charge in [-0.1, -0.05) is 40.2 Å². The van der Waals surface area contributed by atoms with Crippen molar-refractivity contribution in [3.63, 3.8) is 0 Å². The molecule has 0 unspecified atom stereocenters. The molecule has 2 aromatic carbocycles. The van der Waals surface area contributed by atoms with E-state index in [1.807, 2.05) is 48.5 Å². The van der Waals surface area contributed by atoms with E-state index in [1.54, 1.807) is 6.08 Å². The van der Waals surface area contributed by atoms with Crippen LogP contribution in [0.1, 0.15) is 11.1 Å². The molecule has 3 nitrogen and oxygen atoms in total. The second-order valence-corrected chi connectivity index (χ2v) is 5.26. The van der Waals surface area contributed by atoms with Gasteiger partial charge in [0.05, 0.1) is 7.11 Å². The minimum absolute atomic E-state index is 0.370. The second-order valence-electron chi connectivity index (χ2n) is 4.34. The molecule has 0 N–H and O–H groups in total. The monoisotopic (exact) mass is 346 g/mol. The highest BCUT2D eigenvalue weighted by atomic mass is 79.9. The number of esters is 1. The number of ether oxygens (including phenoxy) is 2. The maximum absolute atomic E-state index is 11.0. The first-order valence-electron chi connectivity index (χ1n) is 6.41. The molecule has 4 heteroatoms. The highest BCUT2D eigenvalue weighted by molar-refractivity contribution is 9.10. The van der Waals surface area contributed by atoms with Crippen molar-refractivity contribution in [3.05, 3.63) is 70.2 Å². The maximum Gasteiger partial charge on any atom is 0.330 e. The van der Waals surface area contributed by atoms with Crippen LogP contribution in [0, 0.1) is 0 Å². The number of carbonyl (C=O) groups is 1. The Morgan fingerprint density at radius 2 is 1.76 bits per heavy atom. The van der Waals surface area contributed by atoms with Gasteiger partial charge in [0.2, 0.25) is 0 Å². The fourth-order valence-electron chi connectivity index (χ4n) is 1.65. The minimum Gasteiger partial charge on any atom is -0.489 e. The predicted octanol–water partition coefficient (Wildman–Crippen LogP) is 4.21. The van der Waals surface area contributed by atoms with Gasteiger partial charge in [-0.3, -0.25) is 0 Å². The van der Waals surface area contributed by atoms with E-state index >= 15 is 0 Å². The van der Waals surface area contributed by atoms with Crippen LogP contribution < -0.4 is 4.74 Å². The van der Waals surface area contributed by atoms with E-state index < -0.39 is 0 Å². The summed E-state index contributed by atoms with van der Waals surface area (Å²) >= 11 is 3.40. The average Bonchev–Trinajstić information content (AvgIpc) is 2.53. The van der Waals surface area contributed by atoms with E-state index in [9.17, 15) is 4.79 Å². The van der Waals surface area contributed by atoms with Crippen LogP contribution in [-0.2, 0) is 16.1 Å². The number of methoxy groups -OCH3 is 1. The van der Waals surface area contributed by atoms with Gasteiger partial charge in [0, 0.05) is 10.5 Å². The highest BCUT2D eigenvalue weighted by Crippen LogP contribution is 2.16. The first-order valence-corrected chi connectivity index (χ1v) is 7.20. The van der Waals surface area contributed by atoms with Crippen molar-refractivity contribution in [3.8, 4) is 5.75 Å². The number of hydrogen-bond acceptors (Lipinski definition) is 3. The summed E-state index contributed by atoms with van der Waals surface area (Å²) in [6.07, 6.45) is 3.09. The summed E-state index contributed by atoms with van der Waals surface area (Å²) in [4.78, 5) is 11.0. The van der Waals surface area contributed by atoms with Crippen molar-refractivity contribution in [2.45, 2.75) is 6.61 Å². The number of benzene rings is 2. The Morgan fingerprint density at radius 3 is 2.38 bits per heavy atom. The van der Waals surface area contributed by atoms with Crippen LogP contribution in [0.4, 0.5) is 0 Å². The molecule has 21 heavy (non-hydrogen) atoms. The van der Waals surface area contributed by atoms with Crippen molar-refractivity contribution in [2.24, 2.45) is 0 Å². The molecule has 0 aliphatic heterocycles. The summed E-state index contributed by atoms with van der Waals surface area (Å²) < 4.78 is 11.3. The second kappa shape index (κ2) is 7.64. The van der Waals surface area contributed by atoms with E-state index in [-0.39, 0.29) is 5.97 Å². The number of hydrogen-bond donors (Lipinski definition) is 0. The van der Waals surface area contributed by atoms with Crippen molar-refractivity contribution >= 4 is 28.0 Å². The minimum atomic E-state index is -0.370. The van der Waals surface area contributed by atoms with Crippen molar-refractivity contribution in [1.29, 1.82) is 0 Å². The summed E-state index contributed by atoms with van der Waals surface area (Å²) in [6.45, 7) is 0.518. The molecule has 108 valence electrons. The first kappa shape index (κ1) is 15.3. The molecular weight excluding hydrogens is 332 g/mol. The molecule has 2 rings (SSSR count). The van der Waals surface area contributed by atoms with E-state index in [0.29, 0.717) is 6.61 Å². The van der Waals surface area contributed by atoms with Gasteiger partial charge in [0.25, 0.3) is 0 Å². The quantitative estimate of drug-likeness (QED) is 0.600. The summed E-state index contributed by atoms with van der Waals surface area (Å²) in [6, 6.07) is 15.5. The predicted molar refractivity (Wildman–Crippen MR) is 86.0 cm³/mol. The third-order valence-electron chi connectivity index (χ3n) is 2.81. The lowest BCUT2D eigenvalue weighted by Gasteiger charge is -2.06. The zero-order valence-corrected chi connectivity index (χ0v) is 13.2. The van der Waals surface area contributed by atoms with Crippen LogP contribution in [0.5, 0.6) is 5.75 Å². The van der Waals surface area contributed by atoms with E-state index in [4.69, 9.17) is 4.74 Å². The lowest BCUT2D eigenvalue weighted by Crippen LogP contribution is -1.95. The van der Waals surface area contributed by atoms with Crippen LogP contribution in [0.25, 0.3) is 6.08 Å². The van der Waals surface area contributed by atoms with Gasteiger partial charge in [0.1, 0.15) is 12.4 Å². The van der Waals surface area contributed by atoms with E-state index in [2.05, 4.69) is 20.7 Å². The standard InChI is InChI=1S/C17H15BrO3/c1-20-17(19)11-6-13-4-9-16(10-5-13)21-12-14-2-7-15(18)8-3-14/h2-11H,12H2,1H3/b11-6+. The summed E-state index contributed by atoms with van der Waals surface area (Å²) in [5.74, 6) is 0.415. The van der Waals surface area contributed by atoms with Crippen LogP contribution in [0.3, 0.4) is 0 Å². The van der Waals surface area contributed by atoms with Gasteiger partial charge in [-0.15, -0.1) is 0 Å². The van der Waals surface area contributed by atoms with Gasteiger partial charge >= 0.3 is 5.97 Å². The van der Waals surface area contributed by atoms with Crippen molar-refractivity contribution in [1.82, 2.24) is 0 Å². The Kier molecular flexibility index (Phi) is 5.58. The zero-order chi connectivity index (χ0) is 15.1. The maximum atomic E-state index is 11.0. The van der Waals surface area contributed by atoms with Gasteiger partial charge in [0.15, 0.2) is 0 Å². The van der Waals surface area contributed by atoms with Gasteiger partial charge in [-0.05, 0) is 41.5 Å². The van der Waals surface area contributed by atoms with Crippen LogP contribution >= 0.6 is 15.9 Å². The topological polar surface area (TPSA) is 35.5 Å². The van der Waals surface area contributed by atoms with Crippen LogP contribution in [-0.4, -0.2) is 13.1 Å². The van der Waals surface area contributed by atoms with E-state index in [1.165, 1.54) is 13.2 Å². The smallest absolute Gasteiger partial charge is 0.330 e. The first-order chi connectivity index (χ1) is 10.2. The lowest BCUT2D eigenvalue weighted by molar-refractivity contribution is -0.134. The Labute approximate surface area is 132 Å². The van der Waals surface area contributed by atoms with Gasteiger partial charge < -0.3 is 9.47 Å². The Balaban J connectivity index is 1.91. The largest absolute Gasteiger partial charge is 0.489 e. The molecule has 0 heterocycles. The molecule has 0 fully saturated rings. The molecular formula is C17H15BrO3. The molecule has 0 saturated heterocycles. The molecule has 0 aliphatic rings. The summed E-state index contributed by atoms with van der Waals surface area (Å²) in [7, 11) is 1.35. The Bertz CT molecular complexity index is 615. The third-order valence-corrected chi connectivity index (χ3v) is 3.34. The number of carbonyl (C=O) groups excluding carboxylic acids is 1. The van der Waals surface area contributed by atoms with Gasteiger partial charge in [-0.25, -0.2) is 4.79 Å². The van der Waals surface area contributed by atoms with Gasteiger partial charge in [-0.2, -0.15) is 0 Å². The number of halogens is 1. The van der Waals surface area contributed by atoms with E-state index in [0.717, 1.165) is 21.3 Å². The fourth-order valence-corrected chi connectivity index (χ4v) is 1.92. The summed E-state index contributed by atoms with van der Waals surface area (Å²) in [5.41, 5.74) is 2.02. The fraction of sp³-hybridized carbons (Fsp3) is 0.118. The van der Waals surface area contributed by atoms with Crippen LogP contribution in [0.15, 0.2) is 59.1 Å². The zero-order valence-electron chi connectivity index (χ0n) is 11.6. The molecule has 2 aromatic rings. The van der Waals surface area contributed by atoms with Crippen molar-refractivity contribution < 1.29 is 14.3 Å². The third kappa shape index (κ3) is 5.08. The number of rotatable bonds is 5. The Hall–Kier alpha value is -2.07. The summed E-state index contributed by atoms with van der Waals surface area (Å²) in [5, 5.41) is 0. The molecule has 0 amide bonds. The Morgan fingerprint density at radius 1 is 1.10 bits per heavy atom. The molecule has 0 radical (unpaired) electrons. The van der Waals surface area contributed by atoms with Crippen molar-refractivity contribution in [2.75, 3.05) is 7.11 Å².